The number of hydrogen-bond acceptors (Lipinski definition) is 6. The van der Waals surface area contributed by atoms with Gasteiger partial charge in [-0.15, -0.1) is 11.8 Å². The number of benzene rings is 2. The Morgan fingerprint density at radius 1 is 1.23 bits per heavy atom. The van der Waals surface area contributed by atoms with Gasteiger partial charge in [-0.25, -0.2) is 4.98 Å². The third kappa shape index (κ3) is 4.70. The Kier molecular flexibility index (Phi) is 7.04. The van der Waals surface area contributed by atoms with Gasteiger partial charge in [-0.2, -0.15) is 0 Å². The van der Waals surface area contributed by atoms with Gasteiger partial charge in [0.25, 0.3) is 5.91 Å². The maximum absolute atomic E-state index is 13.6. The standard InChI is InChI=1S/C23H27N3O2S2/c1-3-17-8-9-19-21(16-17)30-23(24-19)26(11-10-25-12-14-28-15-13-25)22(27)18-6-4-5-7-20(18)29-2/h4-9,16H,3,10-15H2,1-2H3. The Bertz CT molecular complexity index is 1010. The Morgan fingerprint density at radius 2 is 2.03 bits per heavy atom. The summed E-state index contributed by atoms with van der Waals surface area (Å²) in [6, 6.07) is 14.2. The molecule has 0 bridgehead atoms. The van der Waals surface area contributed by atoms with Crippen molar-refractivity contribution in [3.8, 4) is 0 Å². The van der Waals surface area contributed by atoms with E-state index in [2.05, 4.69) is 30.0 Å². The smallest absolute Gasteiger partial charge is 0.261 e. The molecule has 2 aromatic carbocycles. The van der Waals surface area contributed by atoms with Crippen LogP contribution in [-0.4, -0.2) is 61.4 Å². The molecule has 0 aliphatic carbocycles. The molecule has 0 atom stereocenters. The van der Waals surface area contributed by atoms with E-state index >= 15 is 0 Å². The van der Waals surface area contributed by atoms with Crippen LogP contribution < -0.4 is 4.90 Å². The molecule has 0 unspecified atom stereocenters. The zero-order valence-corrected chi connectivity index (χ0v) is 19.1. The molecule has 4 rings (SSSR count). The highest BCUT2D eigenvalue weighted by Crippen LogP contribution is 2.32. The van der Waals surface area contributed by atoms with E-state index < -0.39 is 0 Å². The molecule has 158 valence electrons. The molecule has 0 radical (unpaired) electrons. The van der Waals surface area contributed by atoms with Crippen LogP contribution in [0.15, 0.2) is 47.4 Å². The van der Waals surface area contributed by atoms with E-state index in [1.54, 1.807) is 23.1 Å². The number of ether oxygens (including phenoxy) is 1. The summed E-state index contributed by atoms with van der Waals surface area (Å²) in [5.74, 6) is 0.0166. The van der Waals surface area contributed by atoms with Crippen LogP contribution in [0.2, 0.25) is 0 Å². The second-order valence-corrected chi connectivity index (χ2v) is 9.12. The summed E-state index contributed by atoms with van der Waals surface area (Å²) < 4.78 is 6.60. The van der Waals surface area contributed by atoms with Crippen molar-refractivity contribution in [1.82, 2.24) is 9.88 Å². The zero-order valence-electron chi connectivity index (χ0n) is 17.5. The predicted octanol–water partition coefficient (Wildman–Crippen LogP) is 4.56. The second-order valence-electron chi connectivity index (χ2n) is 7.26. The first-order chi connectivity index (χ1) is 14.7. The lowest BCUT2D eigenvalue weighted by Crippen LogP contribution is -2.43. The molecule has 1 aliphatic rings. The molecular formula is C23H27N3O2S2. The van der Waals surface area contributed by atoms with Crippen molar-refractivity contribution in [3.05, 3.63) is 53.6 Å². The number of aryl methyl sites for hydroxylation is 1. The number of carbonyl (C=O) groups is 1. The Morgan fingerprint density at radius 3 is 2.80 bits per heavy atom. The fourth-order valence-corrected chi connectivity index (χ4v) is 5.25. The first-order valence-electron chi connectivity index (χ1n) is 10.3. The lowest BCUT2D eigenvalue weighted by molar-refractivity contribution is 0.0391. The third-order valence-corrected chi connectivity index (χ3v) is 7.24. The van der Waals surface area contributed by atoms with E-state index in [0.717, 1.165) is 65.1 Å². The van der Waals surface area contributed by atoms with Crippen molar-refractivity contribution in [2.24, 2.45) is 0 Å². The van der Waals surface area contributed by atoms with Crippen LogP contribution in [0.25, 0.3) is 10.2 Å². The van der Waals surface area contributed by atoms with Gasteiger partial charge in [-0.3, -0.25) is 14.6 Å². The Hall–Kier alpha value is -1.93. The molecule has 1 fully saturated rings. The van der Waals surface area contributed by atoms with Gasteiger partial charge in [0.1, 0.15) is 0 Å². The highest BCUT2D eigenvalue weighted by molar-refractivity contribution is 7.98. The van der Waals surface area contributed by atoms with E-state index in [-0.39, 0.29) is 5.91 Å². The van der Waals surface area contributed by atoms with Crippen LogP contribution >= 0.6 is 23.1 Å². The number of hydrogen-bond donors (Lipinski definition) is 0. The van der Waals surface area contributed by atoms with Crippen LogP contribution in [0.5, 0.6) is 0 Å². The van der Waals surface area contributed by atoms with Crippen molar-refractivity contribution in [3.63, 3.8) is 0 Å². The van der Waals surface area contributed by atoms with E-state index in [4.69, 9.17) is 9.72 Å². The fourth-order valence-electron chi connectivity index (χ4n) is 3.61. The number of nitrogens with zero attached hydrogens (tertiary/aromatic N) is 3. The van der Waals surface area contributed by atoms with Crippen LogP contribution in [0, 0.1) is 0 Å². The quantitative estimate of drug-likeness (QED) is 0.503. The minimum Gasteiger partial charge on any atom is -0.379 e. The summed E-state index contributed by atoms with van der Waals surface area (Å²) in [4.78, 5) is 23.7. The number of amides is 1. The van der Waals surface area contributed by atoms with Gasteiger partial charge in [-0.1, -0.05) is 36.5 Å². The molecule has 30 heavy (non-hydrogen) atoms. The Labute approximate surface area is 186 Å². The molecular weight excluding hydrogens is 414 g/mol. The van der Waals surface area contributed by atoms with Gasteiger partial charge in [0.2, 0.25) is 0 Å². The van der Waals surface area contributed by atoms with Gasteiger partial charge in [0.05, 0.1) is 29.0 Å². The largest absolute Gasteiger partial charge is 0.379 e. The first kappa shape index (κ1) is 21.3. The maximum atomic E-state index is 13.6. The molecule has 5 nitrogen and oxygen atoms in total. The molecule has 1 aromatic heterocycles. The molecule has 1 amide bonds. The highest BCUT2D eigenvalue weighted by atomic mass is 32.2. The zero-order chi connectivity index (χ0) is 20.9. The van der Waals surface area contributed by atoms with Crippen molar-refractivity contribution in [1.29, 1.82) is 0 Å². The molecule has 7 heteroatoms. The van der Waals surface area contributed by atoms with Crippen molar-refractivity contribution >= 4 is 44.4 Å². The van der Waals surface area contributed by atoms with Crippen LogP contribution in [0.4, 0.5) is 5.13 Å². The lowest BCUT2D eigenvalue weighted by atomic mass is 10.2. The van der Waals surface area contributed by atoms with E-state index in [1.807, 2.05) is 35.4 Å². The average molecular weight is 442 g/mol. The van der Waals surface area contributed by atoms with Gasteiger partial charge in [0, 0.05) is 31.1 Å². The summed E-state index contributed by atoms with van der Waals surface area (Å²) >= 11 is 3.20. The summed E-state index contributed by atoms with van der Waals surface area (Å²) in [5, 5.41) is 0.771. The first-order valence-corrected chi connectivity index (χ1v) is 12.4. The lowest BCUT2D eigenvalue weighted by Gasteiger charge is -2.29. The number of fused-ring (bicyclic) bond motifs is 1. The molecule has 1 saturated heterocycles. The van der Waals surface area contributed by atoms with Crippen LogP contribution in [0.3, 0.4) is 0 Å². The average Bonchev–Trinajstić information content (AvgIpc) is 3.22. The van der Waals surface area contributed by atoms with Crippen molar-refractivity contribution in [2.75, 3.05) is 50.5 Å². The molecule has 0 spiro atoms. The minimum atomic E-state index is 0.0166. The number of thioether (sulfide) groups is 1. The monoisotopic (exact) mass is 441 g/mol. The molecule has 2 heterocycles. The van der Waals surface area contributed by atoms with E-state index in [1.165, 1.54) is 5.56 Å². The molecule has 0 saturated carbocycles. The minimum absolute atomic E-state index is 0.0166. The number of anilines is 1. The maximum Gasteiger partial charge on any atom is 0.261 e. The molecule has 0 N–H and O–H groups in total. The summed E-state index contributed by atoms with van der Waals surface area (Å²) in [5.41, 5.74) is 2.98. The van der Waals surface area contributed by atoms with Gasteiger partial charge in [0.15, 0.2) is 5.13 Å². The summed E-state index contributed by atoms with van der Waals surface area (Å²) in [7, 11) is 0. The number of aromatic nitrogens is 1. The summed E-state index contributed by atoms with van der Waals surface area (Å²) in [6.07, 6.45) is 3.00. The normalized spacial score (nSPS) is 14.9. The topological polar surface area (TPSA) is 45.7 Å². The van der Waals surface area contributed by atoms with Gasteiger partial charge >= 0.3 is 0 Å². The molecule has 1 aliphatic heterocycles. The van der Waals surface area contributed by atoms with Crippen LogP contribution in [-0.2, 0) is 11.2 Å². The summed E-state index contributed by atoms with van der Waals surface area (Å²) in [6.45, 7) is 6.90. The highest BCUT2D eigenvalue weighted by Gasteiger charge is 2.24. The Balaban J connectivity index is 1.66. The van der Waals surface area contributed by atoms with Crippen molar-refractivity contribution < 1.29 is 9.53 Å². The number of thiazole rings is 1. The van der Waals surface area contributed by atoms with Gasteiger partial charge < -0.3 is 4.74 Å². The molecule has 3 aromatic rings. The third-order valence-electron chi connectivity index (χ3n) is 5.41. The van der Waals surface area contributed by atoms with Crippen LogP contribution in [0.1, 0.15) is 22.8 Å². The fraction of sp³-hybridized carbons (Fsp3) is 0.391. The van der Waals surface area contributed by atoms with Crippen molar-refractivity contribution in [2.45, 2.75) is 18.2 Å². The number of carbonyl (C=O) groups excluding carboxylic acids is 1. The predicted molar refractivity (Wildman–Crippen MR) is 126 cm³/mol. The van der Waals surface area contributed by atoms with E-state index in [0.29, 0.717) is 6.54 Å². The van der Waals surface area contributed by atoms with E-state index in [9.17, 15) is 4.79 Å². The second kappa shape index (κ2) is 9.92. The number of rotatable bonds is 7. The van der Waals surface area contributed by atoms with Gasteiger partial charge in [-0.05, 0) is 42.5 Å². The SMILES string of the molecule is CCc1ccc2nc(N(CCN3CCOCC3)C(=O)c3ccccc3SC)sc2c1. The number of morpholine rings is 1.